The minimum absolute atomic E-state index is 0.224. The molecule has 0 saturated carbocycles. The lowest BCUT2D eigenvalue weighted by Gasteiger charge is -2.17. The van der Waals surface area contributed by atoms with Gasteiger partial charge in [-0.3, -0.25) is 4.79 Å². The molecule has 3 nitrogen and oxygen atoms in total. The van der Waals surface area contributed by atoms with Crippen LogP contribution in [0.1, 0.15) is 50.2 Å². The molecule has 1 unspecified atom stereocenters. The Bertz CT molecular complexity index is 347. The number of carbonyl (C=O) groups is 1. The van der Waals surface area contributed by atoms with Crippen molar-refractivity contribution < 1.29 is 4.79 Å². The van der Waals surface area contributed by atoms with E-state index in [2.05, 4.69) is 31.1 Å². The number of thiazole rings is 1. The lowest BCUT2D eigenvalue weighted by Crippen LogP contribution is -2.14. The number of primary amides is 1. The number of aromatic nitrogens is 1. The van der Waals surface area contributed by atoms with Crippen LogP contribution in [0.15, 0.2) is 5.38 Å². The van der Waals surface area contributed by atoms with Crippen molar-refractivity contribution in [2.24, 2.45) is 11.7 Å². The molecular formula is C12H20N2OS. The van der Waals surface area contributed by atoms with Crippen LogP contribution in [0, 0.1) is 5.92 Å². The van der Waals surface area contributed by atoms with Crippen molar-refractivity contribution in [1.29, 1.82) is 0 Å². The lowest BCUT2D eigenvalue weighted by molar-refractivity contribution is -0.118. The van der Waals surface area contributed by atoms with E-state index in [1.807, 2.05) is 0 Å². The van der Waals surface area contributed by atoms with Gasteiger partial charge in [0.15, 0.2) is 0 Å². The molecule has 90 valence electrons. The summed E-state index contributed by atoms with van der Waals surface area (Å²) in [4.78, 5) is 15.4. The maximum atomic E-state index is 10.8. The first-order valence-corrected chi connectivity index (χ1v) is 6.65. The van der Waals surface area contributed by atoms with Gasteiger partial charge in [0.25, 0.3) is 0 Å². The summed E-state index contributed by atoms with van der Waals surface area (Å²) in [5.41, 5.74) is 6.34. The molecule has 0 aliphatic rings. The fourth-order valence-corrected chi connectivity index (χ4v) is 2.91. The Labute approximate surface area is 101 Å². The summed E-state index contributed by atoms with van der Waals surface area (Å²) in [6.07, 6.45) is 2.23. The van der Waals surface area contributed by atoms with Crippen LogP contribution in [-0.4, -0.2) is 10.9 Å². The lowest BCUT2D eigenvalue weighted by atomic mass is 9.91. The standard InChI is InChI=1S/C12H20N2OS/c1-4-9-7-16-12(14-9)10(8(2)3)5-6-11(13)15/h7-8,10H,4-6H2,1-3H3,(H2,13,15). The minimum atomic E-state index is -0.224. The van der Waals surface area contributed by atoms with E-state index in [-0.39, 0.29) is 5.91 Å². The van der Waals surface area contributed by atoms with Crippen LogP contribution < -0.4 is 5.73 Å². The van der Waals surface area contributed by atoms with E-state index in [0.717, 1.165) is 23.5 Å². The molecule has 16 heavy (non-hydrogen) atoms. The highest BCUT2D eigenvalue weighted by Gasteiger charge is 2.19. The van der Waals surface area contributed by atoms with Crippen LogP contribution in [0.4, 0.5) is 0 Å². The molecule has 1 aromatic rings. The molecule has 0 radical (unpaired) electrons. The van der Waals surface area contributed by atoms with E-state index < -0.39 is 0 Å². The van der Waals surface area contributed by atoms with Crippen LogP contribution in [0.2, 0.25) is 0 Å². The van der Waals surface area contributed by atoms with Gasteiger partial charge in [-0.25, -0.2) is 4.98 Å². The van der Waals surface area contributed by atoms with E-state index in [0.29, 0.717) is 18.3 Å². The average Bonchev–Trinajstić information content (AvgIpc) is 2.65. The molecule has 0 spiro atoms. The van der Waals surface area contributed by atoms with Crippen molar-refractivity contribution in [2.75, 3.05) is 0 Å². The first kappa shape index (κ1) is 13.2. The van der Waals surface area contributed by atoms with Gasteiger partial charge in [0.05, 0.1) is 10.7 Å². The van der Waals surface area contributed by atoms with Gasteiger partial charge >= 0.3 is 0 Å². The number of aryl methyl sites for hydroxylation is 1. The Morgan fingerprint density at radius 1 is 1.56 bits per heavy atom. The van der Waals surface area contributed by atoms with Gasteiger partial charge < -0.3 is 5.73 Å². The summed E-state index contributed by atoms with van der Waals surface area (Å²) in [6.45, 7) is 6.43. The highest BCUT2D eigenvalue weighted by Crippen LogP contribution is 2.31. The third kappa shape index (κ3) is 3.59. The Morgan fingerprint density at radius 2 is 2.25 bits per heavy atom. The molecular weight excluding hydrogens is 220 g/mol. The van der Waals surface area contributed by atoms with Crippen molar-refractivity contribution in [2.45, 2.75) is 46.0 Å². The summed E-state index contributed by atoms with van der Waals surface area (Å²) in [5.74, 6) is 0.630. The van der Waals surface area contributed by atoms with Crippen molar-refractivity contribution >= 4 is 17.2 Å². The fourth-order valence-electron chi connectivity index (χ4n) is 1.70. The number of amides is 1. The average molecular weight is 240 g/mol. The smallest absolute Gasteiger partial charge is 0.217 e. The number of carbonyl (C=O) groups excluding carboxylic acids is 1. The Kier molecular flexibility index (Phi) is 4.93. The van der Waals surface area contributed by atoms with E-state index in [4.69, 9.17) is 5.73 Å². The zero-order chi connectivity index (χ0) is 12.1. The second-order valence-corrected chi connectivity index (χ2v) is 5.28. The van der Waals surface area contributed by atoms with Crippen molar-refractivity contribution in [1.82, 2.24) is 4.98 Å². The number of nitrogens with zero attached hydrogens (tertiary/aromatic N) is 1. The van der Waals surface area contributed by atoms with Gasteiger partial charge in [-0.1, -0.05) is 20.8 Å². The fraction of sp³-hybridized carbons (Fsp3) is 0.667. The quantitative estimate of drug-likeness (QED) is 0.831. The summed E-state index contributed by atoms with van der Waals surface area (Å²) in [6, 6.07) is 0. The maximum absolute atomic E-state index is 10.8. The first-order chi connectivity index (χ1) is 7.54. The van der Waals surface area contributed by atoms with Gasteiger partial charge in [-0.15, -0.1) is 11.3 Å². The molecule has 4 heteroatoms. The largest absolute Gasteiger partial charge is 0.370 e. The molecule has 0 bridgehead atoms. The van der Waals surface area contributed by atoms with Crippen LogP contribution in [0.25, 0.3) is 0 Å². The van der Waals surface area contributed by atoms with Crippen LogP contribution >= 0.6 is 11.3 Å². The number of hydrogen-bond acceptors (Lipinski definition) is 3. The number of hydrogen-bond donors (Lipinski definition) is 1. The molecule has 0 saturated heterocycles. The molecule has 1 aromatic heterocycles. The third-order valence-electron chi connectivity index (χ3n) is 2.76. The third-order valence-corrected chi connectivity index (χ3v) is 3.78. The normalized spacial score (nSPS) is 13.0. The van der Waals surface area contributed by atoms with E-state index in [9.17, 15) is 4.79 Å². The summed E-state index contributed by atoms with van der Waals surface area (Å²) >= 11 is 1.70. The summed E-state index contributed by atoms with van der Waals surface area (Å²) < 4.78 is 0. The first-order valence-electron chi connectivity index (χ1n) is 5.77. The number of rotatable bonds is 6. The van der Waals surface area contributed by atoms with Gasteiger partial charge in [0, 0.05) is 17.7 Å². The topological polar surface area (TPSA) is 56.0 Å². The van der Waals surface area contributed by atoms with Crippen molar-refractivity contribution in [3.05, 3.63) is 16.1 Å². The maximum Gasteiger partial charge on any atom is 0.217 e. The Morgan fingerprint density at radius 3 is 2.69 bits per heavy atom. The SMILES string of the molecule is CCc1csc(C(CCC(N)=O)C(C)C)n1. The zero-order valence-electron chi connectivity index (χ0n) is 10.2. The molecule has 0 aromatic carbocycles. The molecule has 2 N–H and O–H groups in total. The zero-order valence-corrected chi connectivity index (χ0v) is 11.0. The van der Waals surface area contributed by atoms with Gasteiger partial charge in [-0.2, -0.15) is 0 Å². The number of nitrogens with two attached hydrogens (primary N) is 1. The second-order valence-electron chi connectivity index (χ2n) is 4.39. The van der Waals surface area contributed by atoms with Crippen molar-refractivity contribution in [3.63, 3.8) is 0 Å². The molecule has 1 heterocycles. The summed E-state index contributed by atoms with van der Waals surface area (Å²) in [5, 5.41) is 3.25. The van der Waals surface area contributed by atoms with Crippen molar-refractivity contribution in [3.8, 4) is 0 Å². The molecule has 0 aliphatic heterocycles. The van der Waals surface area contributed by atoms with Crippen LogP contribution in [-0.2, 0) is 11.2 Å². The molecule has 0 fully saturated rings. The highest BCUT2D eigenvalue weighted by molar-refractivity contribution is 7.09. The summed E-state index contributed by atoms with van der Waals surface area (Å²) in [7, 11) is 0. The molecule has 1 atom stereocenters. The monoisotopic (exact) mass is 240 g/mol. The Hall–Kier alpha value is -0.900. The highest BCUT2D eigenvalue weighted by atomic mass is 32.1. The van der Waals surface area contributed by atoms with Gasteiger partial charge in [0.1, 0.15) is 0 Å². The molecule has 1 amide bonds. The minimum Gasteiger partial charge on any atom is -0.370 e. The van der Waals surface area contributed by atoms with Gasteiger partial charge in [0.2, 0.25) is 5.91 Å². The van der Waals surface area contributed by atoms with E-state index >= 15 is 0 Å². The predicted octanol–water partition coefficient (Wildman–Crippen LogP) is 2.71. The van der Waals surface area contributed by atoms with Crippen LogP contribution in [0.3, 0.4) is 0 Å². The predicted molar refractivity (Wildman–Crippen MR) is 67.5 cm³/mol. The second kappa shape index (κ2) is 5.99. The van der Waals surface area contributed by atoms with Gasteiger partial charge in [-0.05, 0) is 18.8 Å². The molecule has 1 rings (SSSR count). The molecule has 0 aliphatic carbocycles. The van der Waals surface area contributed by atoms with Crippen LogP contribution in [0.5, 0.6) is 0 Å². The van der Waals surface area contributed by atoms with E-state index in [1.165, 1.54) is 0 Å². The van der Waals surface area contributed by atoms with E-state index in [1.54, 1.807) is 11.3 Å². The Balaban J connectivity index is 2.72.